The van der Waals surface area contributed by atoms with E-state index < -0.39 is 15.9 Å². The standard InChI is InChI=1S/C30H25Cl2N3O4S/c1-19-6-12-27-24(16-19)20(18-34-27)14-15-33-30(36)25-17-21(31)7-13-28(25)35-40(37,38)23-10-8-22(9-11-23)39-29-5-3-2-4-26(29)32/h2-13,16-18,34-35H,14-15H2,1H3,(H,33,36). The van der Waals surface area contributed by atoms with Crippen molar-refractivity contribution in [1.82, 2.24) is 10.3 Å². The number of nitrogens with one attached hydrogen (secondary N) is 3. The van der Waals surface area contributed by atoms with Crippen LogP contribution in [0, 0.1) is 6.92 Å². The molecular weight excluding hydrogens is 569 g/mol. The predicted molar refractivity (Wildman–Crippen MR) is 159 cm³/mol. The van der Waals surface area contributed by atoms with Crippen LogP contribution in [0.15, 0.2) is 96.0 Å². The summed E-state index contributed by atoms with van der Waals surface area (Å²) in [4.78, 5) is 16.3. The molecule has 0 bridgehead atoms. The number of anilines is 1. The van der Waals surface area contributed by atoms with E-state index in [9.17, 15) is 13.2 Å². The second kappa shape index (κ2) is 11.6. The number of carbonyl (C=O) groups is 1. The lowest BCUT2D eigenvalue weighted by Gasteiger charge is -2.14. The zero-order valence-corrected chi connectivity index (χ0v) is 23.7. The maximum absolute atomic E-state index is 13.2. The van der Waals surface area contributed by atoms with Crippen molar-refractivity contribution in [1.29, 1.82) is 0 Å². The lowest BCUT2D eigenvalue weighted by Crippen LogP contribution is -2.27. The molecule has 0 aliphatic rings. The summed E-state index contributed by atoms with van der Waals surface area (Å²) in [7, 11) is -4.02. The molecule has 5 aromatic rings. The number of benzene rings is 4. The van der Waals surface area contributed by atoms with Crippen LogP contribution >= 0.6 is 23.2 Å². The molecule has 3 N–H and O–H groups in total. The van der Waals surface area contributed by atoms with Gasteiger partial charge in [0, 0.05) is 28.7 Å². The number of aromatic amines is 1. The average molecular weight is 595 g/mol. The van der Waals surface area contributed by atoms with Crippen LogP contribution in [-0.2, 0) is 16.4 Å². The second-order valence-electron chi connectivity index (χ2n) is 9.17. The zero-order chi connectivity index (χ0) is 28.3. The van der Waals surface area contributed by atoms with Gasteiger partial charge >= 0.3 is 0 Å². The predicted octanol–water partition coefficient (Wildman–Crippen LogP) is 7.35. The molecule has 1 amide bonds. The number of amides is 1. The summed E-state index contributed by atoms with van der Waals surface area (Å²) < 4.78 is 34.6. The molecule has 0 radical (unpaired) electrons. The average Bonchev–Trinajstić information content (AvgIpc) is 3.33. The van der Waals surface area contributed by atoms with Crippen LogP contribution in [0.5, 0.6) is 11.5 Å². The Balaban J connectivity index is 1.28. The van der Waals surface area contributed by atoms with Gasteiger partial charge in [0.05, 0.1) is 21.2 Å². The first-order valence-electron chi connectivity index (χ1n) is 12.4. The van der Waals surface area contributed by atoms with E-state index in [4.69, 9.17) is 27.9 Å². The summed E-state index contributed by atoms with van der Waals surface area (Å²) >= 11 is 12.3. The molecule has 1 heterocycles. The van der Waals surface area contributed by atoms with Gasteiger partial charge in [-0.1, -0.05) is 47.0 Å². The van der Waals surface area contributed by atoms with Gasteiger partial charge in [-0.15, -0.1) is 0 Å². The Morgan fingerprint density at radius 1 is 0.950 bits per heavy atom. The summed E-state index contributed by atoms with van der Waals surface area (Å²) in [5.41, 5.74) is 3.48. The van der Waals surface area contributed by atoms with Gasteiger partial charge < -0.3 is 15.0 Å². The Morgan fingerprint density at radius 3 is 2.50 bits per heavy atom. The number of ether oxygens (including phenoxy) is 1. The van der Waals surface area contributed by atoms with E-state index in [1.54, 1.807) is 24.3 Å². The Bertz CT molecular complexity index is 1800. The van der Waals surface area contributed by atoms with Crippen molar-refractivity contribution < 1.29 is 17.9 Å². The minimum absolute atomic E-state index is 0.00468. The van der Waals surface area contributed by atoms with Gasteiger partial charge in [-0.25, -0.2) is 8.42 Å². The highest BCUT2D eigenvalue weighted by Gasteiger charge is 2.20. The van der Waals surface area contributed by atoms with Crippen molar-refractivity contribution in [2.45, 2.75) is 18.2 Å². The van der Waals surface area contributed by atoms with Gasteiger partial charge in [-0.05, 0) is 85.6 Å². The maximum atomic E-state index is 13.2. The van der Waals surface area contributed by atoms with E-state index in [1.165, 1.54) is 42.5 Å². The SMILES string of the molecule is Cc1ccc2[nH]cc(CCNC(=O)c3cc(Cl)ccc3NS(=O)(=O)c3ccc(Oc4ccccc4Cl)cc3)c2c1. The van der Waals surface area contributed by atoms with Gasteiger partial charge in [0.2, 0.25) is 0 Å². The van der Waals surface area contributed by atoms with E-state index in [-0.39, 0.29) is 16.1 Å². The Hall–Kier alpha value is -3.98. The van der Waals surface area contributed by atoms with E-state index in [0.29, 0.717) is 34.5 Å². The fourth-order valence-electron chi connectivity index (χ4n) is 4.24. The summed E-state index contributed by atoms with van der Waals surface area (Å²) in [6, 6.07) is 23.4. The van der Waals surface area contributed by atoms with Gasteiger partial charge in [0.15, 0.2) is 0 Å². The van der Waals surface area contributed by atoms with E-state index in [0.717, 1.165) is 22.0 Å². The van der Waals surface area contributed by atoms with Crippen LogP contribution in [-0.4, -0.2) is 25.9 Å². The molecule has 0 aliphatic carbocycles. The normalized spacial score (nSPS) is 11.4. The van der Waals surface area contributed by atoms with Gasteiger partial charge in [-0.2, -0.15) is 0 Å². The van der Waals surface area contributed by atoms with Crippen LogP contribution in [0.2, 0.25) is 10.0 Å². The second-order valence-corrected chi connectivity index (χ2v) is 11.7. The Morgan fingerprint density at radius 2 is 1.73 bits per heavy atom. The largest absolute Gasteiger partial charge is 0.456 e. The Labute approximate surface area is 242 Å². The number of aromatic nitrogens is 1. The summed E-state index contributed by atoms with van der Waals surface area (Å²) in [6.07, 6.45) is 2.53. The van der Waals surface area contributed by atoms with Crippen LogP contribution in [0.25, 0.3) is 10.9 Å². The third kappa shape index (κ3) is 6.25. The molecule has 0 unspecified atom stereocenters. The van der Waals surface area contributed by atoms with Crippen molar-refractivity contribution in [3.05, 3.63) is 118 Å². The number of H-pyrrole nitrogens is 1. The first-order valence-corrected chi connectivity index (χ1v) is 14.6. The van der Waals surface area contributed by atoms with Gasteiger partial charge in [-0.3, -0.25) is 9.52 Å². The molecule has 0 spiro atoms. The zero-order valence-electron chi connectivity index (χ0n) is 21.4. The fraction of sp³-hybridized carbons (Fsp3) is 0.100. The van der Waals surface area contributed by atoms with Crippen molar-refractivity contribution >= 4 is 55.7 Å². The first-order chi connectivity index (χ1) is 19.2. The number of carbonyl (C=O) groups excluding carboxylic acids is 1. The van der Waals surface area contributed by atoms with E-state index in [2.05, 4.69) is 21.1 Å². The molecule has 0 aliphatic heterocycles. The minimum atomic E-state index is -4.02. The van der Waals surface area contributed by atoms with Crippen LogP contribution in [0.3, 0.4) is 0 Å². The highest BCUT2D eigenvalue weighted by molar-refractivity contribution is 7.92. The third-order valence-corrected chi connectivity index (χ3v) is 8.20. The molecule has 0 saturated carbocycles. The number of sulfonamides is 1. The number of hydrogen-bond acceptors (Lipinski definition) is 4. The fourth-order valence-corrected chi connectivity index (χ4v) is 5.67. The number of rotatable bonds is 9. The third-order valence-electron chi connectivity index (χ3n) is 6.27. The van der Waals surface area contributed by atoms with Gasteiger partial charge in [0.1, 0.15) is 11.5 Å². The number of para-hydroxylation sites is 1. The van der Waals surface area contributed by atoms with Crippen molar-refractivity contribution in [3.63, 3.8) is 0 Å². The van der Waals surface area contributed by atoms with Crippen molar-refractivity contribution in [3.8, 4) is 11.5 Å². The Kier molecular flexibility index (Phi) is 8.02. The highest BCUT2D eigenvalue weighted by Crippen LogP contribution is 2.30. The highest BCUT2D eigenvalue weighted by atomic mass is 35.5. The number of aryl methyl sites for hydroxylation is 1. The molecule has 0 saturated heterocycles. The lowest BCUT2D eigenvalue weighted by atomic mass is 10.1. The minimum Gasteiger partial charge on any atom is -0.456 e. The number of fused-ring (bicyclic) bond motifs is 1. The molecule has 0 atom stereocenters. The molecular formula is C30H25Cl2N3O4S. The molecule has 10 heteroatoms. The molecule has 1 aromatic heterocycles. The molecule has 204 valence electrons. The van der Waals surface area contributed by atoms with Crippen molar-refractivity contribution in [2.75, 3.05) is 11.3 Å². The van der Waals surface area contributed by atoms with Crippen LogP contribution < -0.4 is 14.8 Å². The quantitative estimate of drug-likeness (QED) is 0.166. The summed E-state index contributed by atoms with van der Waals surface area (Å²) in [6.45, 7) is 2.38. The molecule has 0 fully saturated rings. The number of halogens is 2. The molecule has 7 nitrogen and oxygen atoms in total. The van der Waals surface area contributed by atoms with Crippen LogP contribution in [0.4, 0.5) is 5.69 Å². The lowest BCUT2D eigenvalue weighted by molar-refractivity contribution is 0.0955. The first kappa shape index (κ1) is 27.6. The van der Waals surface area contributed by atoms with Crippen LogP contribution in [0.1, 0.15) is 21.5 Å². The van der Waals surface area contributed by atoms with Gasteiger partial charge in [0.25, 0.3) is 15.9 Å². The monoisotopic (exact) mass is 593 g/mol. The van der Waals surface area contributed by atoms with E-state index >= 15 is 0 Å². The number of hydrogen-bond donors (Lipinski definition) is 3. The molecule has 5 rings (SSSR count). The molecule has 40 heavy (non-hydrogen) atoms. The topological polar surface area (TPSA) is 100 Å². The smallest absolute Gasteiger partial charge is 0.261 e. The molecule has 4 aromatic carbocycles. The van der Waals surface area contributed by atoms with E-state index in [1.807, 2.05) is 25.3 Å². The summed E-state index contributed by atoms with van der Waals surface area (Å²) in [5.74, 6) is 0.429. The maximum Gasteiger partial charge on any atom is 0.261 e. The summed E-state index contributed by atoms with van der Waals surface area (Å²) in [5, 5.41) is 4.72. The van der Waals surface area contributed by atoms with Crippen molar-refractivity contribution in [2.24, 2.45) is 0 Å².